The summed E-state index contributed by atoms with van der Waals surface area (Å²) in [6.07, 6.45) is 7.15. The average molecular weight is 243 g/mol. The first-order valence-corrected chi connectivity index (χ1v) is 5.95. The molecule has 0 radical (unpaired) electrons. The topological polar surface area (TPSA) is 48.0 Å². The largest absolute Gasteiger partial charge is 0.353 e. The Morgan fingerprint density at radius 1 is 1.53 bits per heavy atom. The highest BCUT2D eigenvalue weighted by Gasteiger charge is 2.12. The van der Waals surface area contributed by atoms with Crippen molar-refractivity contribution in [3.63, 3.8) is 0 Å². The summed E-state index contributed by atoms with van der Waals surface area (Å²) in [6, 6.07) is 0. The van der Waals surface area contributed by atoms with Crippen LogP contribution in [0.4, 0.5) is 0 Å². The molecule has 1 fully saturated rings. The van der Waals surface area contributed by atoms with Gasteiger partial charge >= 0.3 is 0 Å². The SMILES string of the molecule is CON(C)C(=O)C=CCCOC1CCCCO1. The summed E-state index contributed by atoms with van der Waals surface area (Å²) < 4.78 is 10.9. The van der Waals surface area contributed by atoms with Gasteiger partial charge in [-0.3, -0.25) is 9.63 Å². The van der Waals surface area contributed by atoms with Crippen molar-refractivity contribution in [2.75, 3.05) is 27.4 Å². The third-order valence-electron chi connectivity index (χ3n) is 2.57. The molecule has 0 aromatic heterocycles. The molecule has 0 saturated carbocycles. The lowest BCUT2D eigenvalue weighted by atomic mass is 10.2. The molecule has 98 valence electrons. The van der Waals surface area contributed by atoms with Crippen molar-refractivity contribution in [2.45, 2.75) is 32.0 Å². The fourth-order valence-corrected chi connectivity index (χ4v) is 1.49. The zero-order chi connectivity index (χ0) is 12.5. The summed E-state index contributed by atoms with van der Waals surface area (Å²) in [5.74, 6) is -0.179. The molecule has 1 aliphatic rings. The van der Waals surface area contributed by atoms with Crippen LogP contribution in [0, 0.1) is 0 Å². The lowest BCUT2D eigenvalue weighted by molar-refractivity contribution is -0.162. The van der Waals surface area contributed by atoms with E-state index in [9.17, 15) is 4.79 Å². The molecule has 0 spiro atoms. The summed E-state index contributed by atoms with van der Waals surface area (Å²) in [5.41, 5.74) is 0. The summed E-state index contributed by atoms with van der Waals surface area (Å²) in [4.78, 5) is 16.0. The standard InChI is InChI=1S/C12H21NO4/c1-13(15-2)11(14)7-3-5-9-16-12-8-4-6-10-17-12/h3,7,12H,4-6,8-10H2,1-2H3. The molecule has 0 aliphatic carbocycles. The molecule has 17 heavy (non-hydrogen) atoms. The van der Waals surface area contributed by atoms with Crippen LogP contribution in [-0.2, 0) is 19.1 Å². The smallest absolute Gasteiger partial charge is 0.269 e. The average Bonchev–Trinajstić information content (AvgIpc) is 2.38. The molecule has 5 nitrogen and oxygen atoms in total. The maximum absolute atomic E-state index is 11.3. The fourth-order valence-electron chi connectivity index (χ4n) is 1.49. The summed E-state index contributed by atoms with van der Waals surface area (Å²) in [6.45, 7) is 1.36. The second kappa shape index (κ2) is 8.22. The Hall–Kier alpha value is -0.910. The van der Waals surface area contributed by atoms with Gasteiger partial charge in [0.15, 0.2) is 6.29 Å². The maximum atomic E-state index is 11.3. The van der Waals surface area contributed by atoms with E-state index in [0.29, 0.717) is 13.0 Å². The van der Waals surface area contributed by atoms with Gasteiger partial charge in [-0.1, -0.05) is 6.08 Å². The van der Waals surface area contributed by atoms with Gasteiger partial charge in [0, 0.05) is 19.7 Å². The molecular formula is C12H21NO4. The number of hydrogen-bond acceptors (Lipinski definition) is 4. The van der Waals surface area contributed by atoms with Crippen LogP contribution in [0.2, 0.25) is 0 Å². The van der Waals surface area contributed by atoms with Crippen molar-refractivity contribution in [1.29, 1.82) is 0 Å². The predicted molar refractivity (Wildman–Crippen MR) is 63.1 cm³/mol. The molecular weight excluding hydrogens is 222 g/mol. The van der Waals surface area contributed by atoms with Gasteiger partial charge in [0.2, 0.25) is 0 Å². The first-order valence-electron chi connectivity index (χ1n) is 5.95. The molecule has 0 bridgehead atoms. The Bertz CT molecular complexity index is 249. The Balaban J connectivity index is 2.06. The van der Waals surface area contributed by atoms with Crippen molar-refractivity contribution in [1.82, 2.24) is 5.06 Å². The quantitative estimate of drug-likeness (QED) is 0.403. The molecule has 0 N–H and O–H groups in total. The molecule has 1 saturated heterocycles. The number of amides is 1. The monoisotopic (exact) mass is 243 g/mol. The zero-order valence-electron chi connectivity index (χ0n) is 10.6. The third kappa shape index (κ3) is 5.81. The van der Waals surface area contributed by atoms with Gasteiger partial charge in [-0.15, -0.1) is 0 Å². The number of hydroxylamine groups is 2. The molecule has 0 aromatic rings. The first-order chi connectivity index (χ1) is 8.24. The van der Waals surface area contributed by atoms with Gasteiger partial charge in [-0.05, 0) is 25.7 Å². The highest BCUT2D eigenvalue weighted by Crippen LogP contribution is 2.13. The van der Waals surface area contributed by atoms with Gasteiger partial charge in [0.05, 0.1) is 13.7 Å². The van der Waals surface area contributed by atoms with Crippen LogP contribution in [0.3, 0.4) is 0 Å². The minimum Gasteiger partial charge on any atom is -0.353 e. The number of carbonyl (C=O) groups excluding carboxylic acids is 1. The van der Waals surface area contributed by atoms with Gasteiger partial charge in [0.1, 0.15) is 0 Å². The minimum absolute atomic E-state index is 0.0606. The third-order valence-corrected chi connectivity index (χ3v) is 2.57. The second-order valence-corrected chi connectivity index (χ2v) is 3.88. The van der Waals surface area contributed by atoms with Crippen LogP contribution in [0.5, 0.6) is 0 Å². The van der Waals surface area contributed by atoms with Crippen molar-refractivity contribution >= 4 is 5.91 Å². The Kier molecular flexibility index (Phi) is 6.84. The van der Waals surface area contributed by atoms with Crippen LogP contribution in [-0.4, -0.2) is 44.6 Å². The van der Waals surface area contributed by atoms with E-state index >= 15 is 0 Å². The van der Waals surface area contributed by atoms with Crippen LogP contribution >= 0.6 is 0 Å². The summed E-state index contributed by atoms with van der Waals surface area (Å²) in [5, 5.41) is 1.17. The van der Waals surface area contributed by atoms with E-state index < -0.39 is 0 Å². The molecule has 1 amide bonds. The van der Waals surface area contributed by atoms with Crippen molar-refractivity contribution in [2.24, 2.45) is 0 Å². The number of nitrogens with zero attached hydrogens (tertiary/aromatic N) is 1. The number of hydrogen-bond donors (Lipinski definition) is 0. The van der Waals surface area contributed by atoms with Crippen molar-refractivity contribution in [3.8, 4) is 0 Å². The van der Waals surface area contributed by atoms with E-state index in [4.69, 9.17) is 14.3 Å². The number of likely N-dealkylation sites (N-methyl/N-ethyl adjacent to an activating group) is 1. The normalized spacial score (nSPS) is 20.7. The number of ether oxygens (including phenoxy) is 2. The van der Waals surface area contributed by atoms with E-state index in [-0.39, 0.29) is 12.2 Å². The van der Waals surface area contributed by atoms with Crippen LogP contribution in [0.1, 0.15) is 25.7 Å². The second-order valence-electron chi connectivity index (χ2n) is 3.88. The molecule has 1 heterocycles. The lowest BCUT2D eigenvalue weighted by Crippen LogP contribution is -2.23. The van der Waals surface area contributed by atoms with Gasteiger partial charge in [-0.25, -0.2) is 5.06 Å². The van der Waals surface area contributed by atoms with Crippen molar-refractivity contribution in [3.05, 3.63) is 12.2 Å². The summed E-state index contributed by atoms with van der Waals surface area (Å²) >= 11 is 0. The predicted octanol–water partition coefficient (Wildman–Crippen LogP) is 1.50. The molecule has 0 aromatic carbocycles. The minimum atomic E-state index is -0.179. The zero-order valence-corrected chi connectivity index (χ0v) is 10.6. The Morgan fingerprint density at radius 3 is 3.00 bits per heavy atom. The Labute approximate surface area is 102 Å². The van der Waals surface area contributed by atoms with E-state index in [1.165, 1.54) is 18.2 Å². The maximum Gasteiger partial charge on any atom is 0.269 e. The summed E-state index contributed by atoms with van der Waals surface area (Å²) in [7, 11) is 3.02. The highest BCUT2D eigenvalue weighted by atomic mass is 16.7. The first kappa shape index (κ1) is 14.2. The van der Waals surface area contributed by atoms with E-state index in [1.807, 2.05) is 0 Å². The van der Waals surface area contributed by atoms with E-state index in [2.05, 4.69) is 0 Å². The molecule has 1 unspecified atom stereocenters. The highest BCUT2D eigenvalue weighted by molar-refractivity contribution is 5.86. The molecule has 1 atom stereocenters. The van der Waals surface area contributed by atoms with Gasteiger partial charge < -0.3 is 9.47 Å². The van der Waals surface area contributed by atoms with Gasteiger partial charge in [-0.2, -0.15) is 0 Å². The van der Waals surface area contributed by atoms with E-state index in [1.54, 1.807) is 13.1 Å². The fraction of sp³-hybridized carbons (Fsp3) is 0.750. The number of rotatable bonds is 6. The lowest BCUT2D eigenvalue weighted by Gasteiger charge is -2.22. The molecule has 1 rings (SSSR count). The Morgan fingerprint density at radius 2 is 2.35 bits per heavy atom. The van der Waals surface area contributed by atoms with E-state index in [0.717, 1.165) is 25.9 Å². The number of carbonyl (C=O) groups is 1. The van der Waals surface area contributed by atoms with Crippen LogP contribution in [0.25, 0.3) is 0 Å². The molecule has 1 aliphatic heterocycles. The molecule has 5 heteroatoms. The van der Waals surface area contributed by atoms with Crippen molar-refractivity contribution < 1.29 is 19.1 Å². The van der Waals surface area contributed by atoms with Crippen LogP contribution in [0.15, 0.2) is 12.2 Å². The van der Waals surface area contributed by atoms with Crippen LogP contribution < -0.4 is 0 Å². The van der Waals surface area contributed by atoms with Gasteiger partial charge in [0.25, 0.3) is 5.91 Å².